The molecule has 0 aliphatic carbocycles. The first-order valence-corrected chi connectivity index (χ1v) is 7.83. The molecule has 108 valence electrons. The second kappa shape index (κ2) is 6.06. The lowest BCUT2D eigenvalue weighted by molar-refractivity contribution is 0.0511. The normalized spacial score (nSPS) is 20.6. The largest absolute Gasteiger partial charge is 0.377 e. The number of hydrogen-bond donors (Lipinski definition) is 0. The van der Waals surface area contributed by atoms with Gasteiger partial charge in [0.15, 0.2) is 0 Å². The lowest BCUT2D eigenvalue weighted by Crippen LogP contribution is -2.48. The minimum absolute atomic E-state index is 0.0555. The molecule has 1 heterocycles. The minimum atomic E-state index is -3.68. The zero-order valence-corrected chi connectivity index (χ0v) is 12.0. The van der Waals surface area contributed by atoms with E-state index in [1.54, 1.807) is 0 Å². The molecule has 1 aromatic carbocycles. The van der Waals surface area contributed by atoms with Crippen molar-refractivity contribution in [3.05, 3.63) is 34.6 Å². The molecule has 0 amide bonds. The third kappa shape index (κ3) is 3.27. The molecular formula is C12H12ClFN2O3S. The third-order valence-electron chi connectivity index (χ3n) is 2.92. The van der Waals surface area contributed by atoms with E-state index in [4.69, 9.17) is 21.6 Å². The van der Waals surface area contributed by atoms with E-state index in [1.165, 1.54) is 12.1 Å². The monoisotopic (exact) mass is 318 g/mol. The van der Waals surface area contributed by atoms with Crippen LogP contribution in [0.3, 0.4) is 0 Å². The average Bonchev–Trinajstić information content (AvgIpc) is 2.42. The first-order valence-electron chi connectivity index (χ1n) is 5.85. The maximum absolute atomic E-state index is 13.1. The van der Waals surface area contributed by atoms with E-state index in [9.17, 15) is 12.8 Å². The Morgan fingerprint density at radius 2 is 2.30 bits per heavy atom. The maximum Gasteiger partial charge on any atom is 0.219 e. The molecule has 0 bridgehead atoms. The molecule has 1 fully saturated rings. The molecule has 0 aromatic heterocycles. The predicted octanol–water partition coefficient (Wildman–Crippen LogP) is 1.53. The maximum atomic E-state index is 13.1. The van der Waals surface area contributed by atoms with Crippen LogP contribution < -0.4 is 0 Å². The van der Waals surface area contributed by atoms with Crippen molar-refractivity contribution in [1.82, 2.24) is 4.31 Å². The van der Waals surface area contributed by atoms with Gasteiger partial charge in [0.2, 0.25) is 10.0 Å². The molecule has 0 spiro atoms. The number of halogens is 2. The topological polar surface area (TPSA) is 70.4 Å². The van der Waals surface area contributed by atoms with Crippen molar-refractivity contribution in [3.8, 4) is 6.07 Å². The molecule has 0 N–H and O–H groups in total. The summed E-state index contributed by atoms with van der Waals surface area (Å²) in [6, 6.07) is 4.83. The van der Waals surface area contributed by atoms with E-state index in [0.29, 0.717) is 5.56 Å². The second-order valence-corrected chi connectivity index (χ2v) is 6.66. The highest BCUT2D eigenvalue weighted by molar-refractivity contribution is 7.88. The number of sulfonamides is 1. The van der Waals surface area contributed by atoms with Gasteiger partial charge in [-0.05, 0) is 17.7 Å². The van der Waals surface area contributed by atoms with Gasteiger partial charge in [-0.25, -0.2) is 12.8 Å². The predicted molar refractivity (Wildman–Crippen MR) is 71.0 cm³/mol. The van der Waals surface area contributed by atoms with Crippen molar-refractivity contribution in [2.45, 2.75) is 11.8 Å². The van der Waals surface area contributed by atoms with Crippen LogP contribution in [0.4, 0.5) is 4.39 Å². The van der Waals surface area contributed by atoms with Crippen molar-refractivity contribution in [2.75, 3.05) is 19.8 Å². The number of morpholine rings is 1. The number of rotatable bonds is 3. The lowest BCUT2D eigenvalue weighted by atomic mass is 10.2. The summed E-state index contributed by atoms with van der Waals surface area (Å²) in [6.07, 6.45) is 0. The Bertz CT molecular complexity index is 645. The average molecular weight is 319 g/mol. The van der Waals surface area contributed by atoms with Gasteiger partial charge in [0, 0.05) is 6.54 Å². The fourth-order valence-corrected chi connectivity index (χ4v) is 3.76. The van der Waals surface area contributed by atoms with Crippen LogP contribution in [0.15, 0.2) is 18.2 Å². The first kappa shape index (κ1) is 15.2. The van der Waals surface area contributed by atoms with E-state index >= 15 is 0 Å². The van der Waals surface area contributed by atoms with Crippen LogP contribution in [0.2, 0.25) is 5.02 Å². The van der Waals surface area contributed by atoms with Crippen LogP contribution in [0.1, 0.15) is 5.56 Å². The highest BCUT2D eigenvalue weighted by Crippen LogP contribution is 2.20. The van der Waals surface area contributed by atoms with Gasteiger partial charge in [0.1, 0.15) is 11.9 Å². The molecule has 20 heavy (non-hydrogen) atoms. The summed E-state index contributed by atoms with van der Waals surface area (Å²) in [6.45, 7) is 0.441. The highest BCUT2D eigenvalue weighted by atomic mass is 35.5. The van der Waals surface area contributed by atoms with Crippen LogP contribution >= 0.6 is 11.6 Å². The van der Waals surface area contributed by atoms with Gasteiger partial charge in [0.25, 0.3) is 0 Å². The van der Waals surface area contributed by atoms with Crippen LogP contribution in [0.25, 0.3) is 0 Å². The van der Waals surface area contributed by atoms with E-state index in [-0.39, 0.29) is 30.5 Å². The Balaban J connectivity index is 2.22. The summed E-state index contributed by atoms with van der Waals surface area (Å²) in [5, 5.41) is 8.84. The zero-order chi connectivity index (χ0) is 14.8. The summed E-state index contributed by atoms with van der Waals surface area (Å²) < 4.78 is 43.9. The Labute approximate surface area is 121 Å². The van der Waals surface area contributed by atoms with Crippen molar-refractivity contribution in [1.29, 1.82) is 5.26 Å². The summed E-state index contributed by atoms with van der Waals surface area (Å²) in [7, 11) is -3.68. The molecule has 5 nitrogen and oxygen atoms in total. The van der Waals surface area contributed by atoms with Crippen molar-refractivity contribution in [2.24, 2.45) is 0 Å². The smallest absolute Gasteiger partial charge is 0.219 e. The molecule has 0 saturated carbocycles. The molecule has 8 heteroatoms. The van der Waals surface area contributed by atoms with E-state index in [0.717, 1.165) is 10.4 Å². The van der Waals surface area contributed by atoms with Crippen LogP contribution in [-0.4, -0.2) is 38.5 Å². The van der Waals surface area contributed by atoms with Crippen molar-refractivity contribution in [3.63, 3.8) is 0 Å². The standard InChI is InChI=1S/C12H12ClFN2O3S/c13-11-5-9(1-2-12(11)14)8-20(17,18)16-3-4-19-7-10(16)6-15/h1-2,5,10H,3-4,7-8H2. The number of hydrogen-bond acceptors (Lipinski definition) is 4. The zero-order valence-electron chi connectivity index (χ0n) is 10.4. The number of nitriles is 1. The summed E-state index contributed by atoms with van der Waals surface area (Å²) >= 11 is 5.63. The quantitative estimate of drug-likeness (QED) is 0.847. The van der Waals surface area contributed by atoms with Gasteiger partial charge in [-0.3, -0.25) is 0 Å². The molecule has 1 aliphatic heterocycles. The van der Waals surface area contributed by atoms with E-state index < -0.39 is 21.9 Å². The molecule has 1 saturated heterocycles. The second-order valence-electron chi connectivity index (χ2n) is 4.34. The molecule has 1 aliphatic rings. The SMILES string of the molecule is N#CC1COCCN1S(=O)(=O)Cc1ccc(F)c(Cl)c1. The Morgan fingerprint density at radius 1 is 1.55 bits per heavy atom. The van der Waals surface area contributed by atoms with Crippen LogP contribution in [0.5, 0.6) is 0 Å². The van der Waals surface area contributed by atoms with E-state index in [1.807, 2.05) is 6.07 Å². The number of ether oxygens (including phenoxy) is 1. The molecular weight excluding hydrogens is 307 g/mol. The van der Waals surface area contributed by atoms with Crippen molar-refractivity contribution < 1.29 is 17.5 Å². The summed E-state index contributed by atoms with van der Waals surface area (Å²) in [5.74, 6) is -0.931. The van der Waals surface area contributed by atoms with E-state index in [2.05, 4.69) is 0 Å². The summed E-state index contributed by atoms with van der Waals surface area (Å²) in [4.78, 5) is 0. The Hall–Kier alpha value is -1.20. The lowest BCUT2D eigenvalue weighted by Gasteiger charge is -2.30. The Kier molecular flexibility index (Phi) is 4.60. The van der Waals surface area contributed by atoms with Gasteiger partial charge >= 0.3 is 0 Å². The van der Waals surface area contributed by atoms with Gasteiger partial charge < -0.3 is 4.74 Å². The molecule has 1 aromatic rings. The number of nitrogens with zero attached hydrogens (tertiary/aromatic N) is 2. The van der Waals surface area contributed by atoms with Gasteiger partial charge in [-0.15, -0.1) is 0 Å². The fourth-order valence-electron chi connectivity index (χ4n) is 1.95. The van der Waals surface area contributed by atoms with Crippen molar-refractivity contribution >= 4 is 21.6 Å². The van der Waals surface area contributed by atoms with Crippen LogP contribution in [-0.2, 0) is 20.5 Å². The highest BCUT2D eigenvalue weighted by Gasteiger charge is 2.33. The van der Waals surface area contributed by atoms with Gasteiger partial charge in [0.05, 0.1) is 30.1 Å². The first-order chi connectivity index (χ1) is 9.44. The third-order valence-corrected chi connectivity index (χ3v) is 5.06. The Morgan fingerprint density at radius 3 is 2.95 bits per heavy atom. The number of benzene rings is 1. The molecule has 1 unspecified atom stereocenters. The van der Waals surface area contributed by atoms with Gasteiger partial charge in [-0.2, -0.15) is 9.57 Å². The minimum Gasteiger partial charge on any atom is -0.377 e. The molecule has 1 atom stereocenters. The summed E-state index contributed by atoms with van der Waals surface area (Å²) in [5.41, 5.74) is 0.375. The molecule has 2 rings (SSSR count). The van der Waals surface area contributed by atoms with Crippen LogP contribution in [0, 0.1) is 17.1 Å². The molecule has 0 radical (unpaired) electrons. The fraction of sp³-hybridized carbons (Fsp3) is 0.417. The van der Waals surface area contributed by atoms with Gasteiger partial charge in [-0.1, -0.05) is 17.7 Å².